The second-order valence-corrected chi connectivity index (χ2v) is 3.24. The van der Waals surface area contributed by atoms with Crippen LogP contribution in [0.15, 0.2) is 12.4 Å². The van der Waals surface area contributed by atoms with Crippen molar-refractivity contribution < 1.29 is 4.79 Å². The van der Waals surface area contributed by atoms with Gasteiger partial charge in [-0.05, 0) is 6.42 Å². The molecule has 3 N–H and O–H groups in total. The quantitative estimate of drug-likeness (QED) is 0.717. The van der Waals surface area contributed by atoms with Gasteiger partial charge in [0.05, 0.1) is 12.6 Å². The third-order valence-electron chi connectivity index (χ3n) is 2.08. The van der Waals surface area contributed by atoms with E-state index >= 15 is 0 Å². The highest BCUT2D eigenvalue weighted by molar-refractivity contribution is 5.81. The summed E-state index contributed by atoms with van der Waals surface area (Å²) in [5, 5.41) is 0. The van der Waals surface area contributed by atoms with E-state index in [1.165, 1.54) is 0 Å². The molecule has 5 nitrogen and oxygen atoms in total. The van der Waals surface area contributed by atoms with Crippen molar-refractivity contribution in [3.8, 4) is 0 Å². The summed E-state index contributed by atoms with van der Waals surface area (Å²) in [6.07, 6.45) is 4.04. The Kier molecular flexibility index (Phi) is 3.64. The lowest BCUT2D eigenvalue weighted by molar-refractivity contribution is -0.131. The lowest BCUT2D eigenvalue weighted by atomic mass is 10.2. The van der Waals surface area contributed by atoms with Crippen LogP contribution in [0.4, 0.5) is 0 Å². The number of aromatic amines is 1. The molecule has 0 saturated heterocycles. The predicted molar refractivity (Wildman–Crippen MR) is 53.3 cm³/mol. The van der Waals surface area contributed by atoms with Gasteiger partial charge in [-0.25, -0.2) is 4.98 Å². The summed E-state index contributed by atoms with van der Waals surface area (Å²) in [6, 6.07) is -0.407. The number of hydrogen-bond acceptors (Lipinski definition) is 3. The van der Waals surface area contributed by atoms with Gasteiger partial charge in [0.1, 0.15) is 5.82 Å². The summed E-state index contributed by atoms with van der Waals surface area (Å²) >= 11 is 0. The Labute approximate surface area is 83.3 Å². The number of rotatable bonds is 4. The molecule has 0 aliphatic carbocycles. The molecule has 0 radical (unpaired) electrons. The maximum Gasteiger partial charge on any atom is 0.239 e. The Bertz CT molecular complexity index is 283. The van der Waals surface area contributed by atoms with E-state index in [-0.39, 0.29) is 5.91 Å². The molecule has 0 bridgehead atoms. The van der Waals surface area contributed by atoms with Crippen molar-refractivity contribution in [2.45, 2.75) is 25.9 Å². The highest BCUT2D eigenvalue weighted by Crippen LogP contribution is 1.99. The van der Waals surface area contributed by atoms with Gasteiger partial charge in [0.25, 0.3) is 0 Å². The van der Waals surface area contributed by atoms with Crippen LogP contribution in [0.5, 0.6) is 0 Å². The second-order valence-electron chi connectivity index (χ2n) is 3.24. The molecule has 1 aromatic rings. The largest absolute Gasteiger partial charge is 0.347 e. The summed E-state index contributed by atoms with van der Waals surface area (Å²) in [7, 11) is 1.72. The second kappa shape index (κ2) is 4.76. The Morgan fingerprint density at radius 1 is 1.79 bits per heavy atom. The van der Waals surface area contributed by atoms with Crippen molar-refractivity contribution >= 4 is 5.91 Å². The first-order valence-electron chi connectivity index (χ1n) is 4.64. The first-order chi connectivity index (χ1) is 6.65. The van der Waals surface area contributed by atoms with E-state index in [1.807, 2.05) is 6.92 Å². The molecular weight excluding hydrogens is 180 g/mol. The molecule has 1 aromatic heterocycles. The lowest BCUT2D eigenvalue weighted by Crippen LogP contribution is -2.41. The molecule has 5 heteroatoms. The zero-order valence-corrected chi connectivity index (χ0v) is 8.53. The molecule has 0 aromatic carbocycles. The minimum absolute atomic E-state index is 0.0519. The van der Waals surface area contributed by atoms with Gasteiger partial charge in [0, 0.05) is 19.4 Å². The number of carbonyl (C=O) groups is 1. The Morgan fingerprint density at radius 3 is 3.00 bits per heavy atom. The monoisotopic (exact) mass is 196 g/mol. The Morgan fingerprint density at radius 2 is 2.50 bits per heavy atom. The molecule has 0 unspecified atom stereocenters. The van der Waals surface area contributed by atoms with Crippen LogP contribution >= 0.6 is 0 Å². The average Bonchev–Trinajstić information content (AvgIpc) is 2.68. The van der Waals surface area contributed by atoms with Crippen LogP contribution in [0.1, 0.15) is 19.2 Å². The molecule has 78 valence electrons. The Balaban J connectivity index is 2.50. The van der Waals surface area contributed by atoms with Crippen molar-refractivity contribution in [2.24, 2.45) is 5.73 Å². The number of likely N-dealkylation sites (N-methyl/N-ethyl adjacent to an activating group) is 1. The van der Waals surface area contributed by atoms with Crippen LogP contribution in [-0.4, -0.2) is 33.9 Å². The maximum atomic E-state index is 11.6. The molecule has 0 aliphatic rings. The van der Waals surface area contributed by atoms with Crippen molar-refractivity contribution in [1.82, 2.24) is 14.9 Å². The normalized spacial score (nSPS) is 12.5. The number of hydrogen-bond donors (Lipinski definition) is 2. The number of imidazole rings is 1. The van der Waals surface area contributed by atoms with Gasteiger partial charge in [-0.3, -0.25) is 4.79 Å². The van der Waals surface area contributed by atoms with Gasteiger partial charge >= 0.3 is 0 Å². The number of aromatic nitrogens is 2. The van der Waals surface area contributed by atoms with E-state index in [0.29, 0.717) is 13.0 Å². The summed E-state index contributed by atoms with van der Waals surface area (Å²) in [4.78, 5) is 20.1. The van der Waals surface area contributed by atoms with Gasteiger partial charge in [0.2, 0.25) is 5.91 Å². The molecular formula is C9H16N4O. The van der Waals surface area contributed by atoms with Crippen LogP contribution in [0, 0.1) is 0 Å². The Hall–Kier alpha value is -1.36. The van der Waals surface area contributed by atoms with E-state index in [1.54, 1.807) is 24.3 Å². The van der Waals surface area contributed by atoms with E-state index in [9.17, 15) is 4.79 Å². The number of nitrogens with zero attached hydrogens (tertiary/aromatic N) is 2. The molecule has 0 saturated carbocycles. The number of carbonyl (C=O) groups excluding carboxylic acids is 1. The van der Waals surface area contributed by atoms with Crippen LogP contribution in [-0.2, 0) is 11.3 Å². The average molecular weight is 196 g/mol. The zero-order valence-electron chi connectivity index (χ0n) is 8.53. The third kappa shape index (κ3) is 2.56. The minimum Gasteiger partial charge on any atom is -0.347 e. The number of nitrogens with one attached hydrogen (secondary N) is 1. The van der Waals surface area contributed by atoms with Crippen molar-refractivity contribution in [3.05, 3.63) is 18.2 Å². The number of amides is 1. The molecule has 0 aliphatic heterocycles. The van der Waals surface area contributed by atoms with Crippen molar-refractivity contribution in [1.29, 1.82) is 0 Å². The molecule has 0 spiro atoms. The van der Waals surface area contributed by atoms with Gasteiger partial charge < -0.3 is 15.6 Å². The third-order valence-corrected chi connectivity index (χ3v) is 2.08. The van der Waals surface area contributed by atoms with Crippen molar-refractivity contribution in [3.63, 3.8) is 0 Å². The van der Waals surface area contributed by atoms with Crippen molar-refractivity contribution in [2.75, 3.05) is 7.05 Å². The predicted octanol–water partition coefficient (Wildman–Crippen LogP) is 0.105. The zero-order chi connectivity index (χ0) is 10.6. The summed E-state index contributed by atoms with van der Waals surface area (Å²) < 4.78 is 0. The molecule has 1 amide bonds. The fourth-order valence-electron chi connectivity index (χ4n) is 1.14. The highest BCUT2D eigenvalue weighted by Gasteiger charge is 2.16. The van der Waals surface area contributed by atoms with Crippen LogP contribution < -0.4 is 5.73 Å². The molecule has 1 atom stereocenters. The SMILES string of the molecule is CC[C@@H](N)C(=O)N(C)Cc1ncc[nH]1. The van der Waals surface area contributed by atoms with Crippen LogP contribution in [0.2, 0.25) is 0 Å². The van der Waals surface area contributed by atoms with E-state index in [2.05, 4.69) is 9.97 Å². The molecule has 14 heavy (non-hydrogen) atoms. The maximum absolute atomic E-state index is 11.6. The first-order valence-corrected chi connectivity index (χ1v) is 4.64. The molecule has 1 heterocycles. The van der Waals surface area contributed by atoms with E-state index < -0.39 is 6.04 Å². The number of H-pyrrole nitrogens is 1. The van der Waals surface area contributed by atoms with Gasteiger partial charge in [-0.2, -0.15) is 0 Å². The van der Waals surface area contributed by atoms with Crippen LogP contribution in [0.25, 0.3) is 0 Å². The first kappa shape index (κ1) is 10.7. The van der Waals surface area contributed by atoms with E-state index in [0.717, 1.165) is 5.82 Å². The number of nitrogens with two attached hydrogens (primary N) is 1. The fourth-order valence-corrected chi connectivity index (χ4v) is 1.14. The molecule has 0 fully saturated rings. The lowest BCUT2D eigenvalue weighted by Gasteiger charge is -2.19. The summed E-state index contributed by atoms with van der Waals surface area (Å²) in [5.74, 6) is 0.716. The summed E-state index contributed by atoms with van der Waals surface area (Å²) in [5.41, 5.74) is 5.62. The fraction of sp³-hybridized carbons (Fsp3) is 0.556. The van der Waals surface area contributed by atoms with Crippen LogP contribution in [0.3, 0.4) is 0 Å². The standard InChI is InChI=1S/C9H16N4O/c1-3-7(10)9(14)13(2)6-8-11-4-5-12-8/h4-5,7H,3,6,10H2,1-2H3,(H,11,12)/t7-/m1/s1. The highest BCUT2D eigenvalue weighted by atomic mass is 16.2. The smallest absolute Gasteiger partial charge is 0.239 e. The van der Waals surface area contributed by atoms with Gasteiger partial charge in [0.15, 0.2) is 0 Å². The topological polar surface area (TPSA) is 75.0 Å². The van der Waals surface area contributed by atoms with E-state index in [4.69, 9.17) is 5.73 Å². The van der Waals surface area contributed by atoms with Gasteiger partial charge in [-0.15, -0.1) is 0 Å². The summed E-state index contributed by atoms with van der Waals surface area (Å²) in [6.45, 7) is 2.36. The minimum atomic E-state index is -0.407. The molecule has 1 rings (SSSR count). The van der Waals surface area contributed by atoms with Gasteiger partial charge in [-0.1, -0.05) is 6.92 Å².